The number of aryl methyl sites for hydroxylation is 1. The van der Waals surface area contributed by atoms with Crippen LogP contribution in [-0.4, -0.2) is 21.7 Å². The summed E-state index contributed by atoms with van der Waals surface area (Å²) in [5.41, 5.74) is 6.97. The summed E-state index contributed by atoms with van der Waals surface area (Å²) in [5.74, 6) is 0.0750. The Labute approximate surface area is 88.6 Å². The summed E-state index contributed by atoms with van der Waals surface area (Å²) in [5, 5.41) is 7.08. The number of nitrogens with one attached hydrogen (secondary N) is 1. The molecule has 2 atom stereocenters. The predicted molar refractivity (Wildman–Crippen MR) is 56.0 cm³/mol. The third kappa shape index (κ3) is 2.02. The second kappa shape index (κ2) is 4.02. The normalized spacial score (nSPS) is 26.4. The first-order valence-corrected chi connectivity index (χ1v) is 5.28. The third-order valence-corrected chi connectivity index (χ3v) is 2.79. The first-order valence-electron chi connectivity index (χ1n) is 5.28. The van der Waals surface area contributed by atoms with E-state index in [9.17, 15) is 4.79 Å². The summed E-state index contributed by atoms with van der Waals surface area (Å²) in [4.78, 5) is 11.3. The minimum absolute atomic E-state index is 0.00259. The SMILES string of the molecule is CCn1cc([C@H]2NC(=O)CC[C@H]2N)cn1. The van der Waals surface area contributed by atoms with Crippen LogP contribution in [0.4, 0.5) is 0 Å². The Bertz CT molecular complexity index is 360. The molecule has 0 radical (unpaired) electrons. The highest BCUT2D eigenvalue weighted by molar-refractivity contribution is 5.77. The number of rotatable bonds is 2. The van der Waals surface area contributed by atoms with Gasteiger partial charge in [-0.05, 0) is 13.3 Å². The van der Waals surface area contributed by atoms with Gasteiger partial charge in [-0.15, -0.1) is 0 Å². The Morgan fingerprint density at radius 1 is 1.73 bits per heavy atom. The molecule has 5 nitrogen and oxygen atoms in total. The van der Waals surface area contributed by atoms with Crippen molar-refractivity contribution in [3.05, 3.63) is 18.0 Å². The van der Waals surface area contributed by atoms with Crippen LogP contribution in [0.1, 0.15) is 31.4 Å². The van der Waals surface area contributed by atoms with E-state index in [4.69, 9.17) is 5.73 Å². The molecule has 0 bridgehead atoms. The van der Waals surface area contributed by atoms with Crippen molar-refractivity contribution in [1.29, 1.82) is 0 Å². The predicted octanol–water partition coefficient (Wildman–Crippen LogP) is 0.181. The molecule has 1 aliphatic rings. The van der Waals surface area contributed by atoms with Gasteiger partial charge in [0.05, 0.1) is 12.2 Å². The molecule has 0 aliphatic carbocycles. The van der Waals surface area contributed by atoms with Gasteiger partial charge in [0.25, 0.3) is 0 Å². The molecule has 15 heavy (non-hydrogen) atoms. The van der Waals surface area contributed by atoms with E-state index in [2.05, 4.69) is 10.4 Å². The van der Waals surface area contributed by atoms with Gasteiger partial charge < -0.3 is 11.1 Å². The van der Waals surface area contributed by atoms with Gasteiger partial charge >= 0.3 is 0 Å². The number of carbonyl (C=O) groups excluding carboxylic acids is 1. The van der Waals surface area contributed by atoms with Gasteiger partial charge in [0.15, 0.2) is 0 Å². The minimum atomic E-state index is -0.0773. The van der Waals surface area contributed by atoms with E-state index >= 15 is 0 Å². The fraction of sp³-hybridized carbons (Fsp3) is 0.600. The lowest BCUT2D eigenvalue weighted by molar-refractivity contribution is -0.123. The highest BCUT2D eigenvalue weighted by atomic mass is 16.1. The van der Waals surface area contributed by atoms with Crippen LogP contribution in [0.25, 0.3) is 0 Å². The van der Waals surface area contributed by atoms with Crippen molar-refractivity contribution in [3.63, 3.8) is 0 Å². The summed E-state index contributed by atoms with van der Waals surface area (Å²) in [6.07, 6.45) is 4.99. The maximum atomic E-state index is 11.3. The standard InChI is InChI=1S/C10H16N4O/c1-2-14-6-7(5-12-14)10-8(11)3-4-9(15)13-10/h5-6,8,10H,2-4,11H2,1H3,(H,13,15)/t8-,10-/m1/s1. The number of hydrogen-bond donors (Lipinski definition) is 2. The third-order valence-electron chi connectivity index (χ3n) is 2.79. The second-order valence-corrected chi connectivity index (χ2v) is 3.88. The molecular weight excluding hydrogens is 192 g/mol. The monoisotopic (exact) mass is 208 g/mol. The zero-order chi connectivity index (χ0) is 10.8. The summed E-state index contributed by atoms with van der Waals surface area (Å²) < 4.78 is 1.84. The number of aromatic nitrogens is 2. The van der Waals surface area contributed by atoms with Crippen molar-refractivity contribution in [2.75, 3.05) is 0 Å². The molecule has 1 amide bonds. The van der Waals surface area contributed by atoms with Gasteiger partial charge in [-0.25, -0.2) is 0 Å². The highest BCUT2D eigenvalue weighted by Crippen LogP contribution is 2.21. The van der Waals surface area contributed by atoms with E-state index < -0.39 is 0 Å². The van der Waals surface area contributed by atoms with Crippen LogP contribution < -0.4 is 11.1 Å². The van der Waals surface area contributed by atoms with Gasteiger partial charge in [0.2, 0.25) is 5.91 Å². The van der Waals surface area contributed by atoms with Crippen molar-refractivity contribution in [3.8, 4) is 0 Å². The van der Waals surface area contributed by atoms with Crippen LogP contribution >= 0.6 is 0 Å². The summed E-state index contributed by atoms with van der Waals surface area (Å²) >= 11 is 0. The Morgan fingerprint density at radius 2 is 2.53 bits per heavy atom. The molecule has 0 unspecified atom stereocenters. The zero-order valence-electron chi connectivity index (χ0n) is 8.81. The number of nitrogens with two attached hydrogens (primary N) is 1. The van der Waals surface area contributed by atoms with Crippen molar-refractivity contribution in [2.45, 2.75) is 38.4 Å². The molecule has 0 aromatic carbocycles. The lowest BCUT2D eigenvalue weighted by Crippen LogP contribution is -2.45. The second-order valence-electron chi connectivity index (χ2n) is 3.88. The summed E-state index contributed by atoms with van der Waals surface area (Å²) in [6, 6.07) is -0.0799. The Hall–Kier alpha value is -1.36. The largest absolute Gasteiger partial charge is 0.348 e. The molecule has 82 valence electrons. The quantitative estimate of drug-likeness (QED) is 0.728. The van der Waals surface area contributed by atoms with Crippen molar-refractivity contribution in [2.24, 2.45) is 5.73 Å². The van der Waals surface area contributed by atoms with Crippen LogP contribution in [0.15, 0.2) is 12.4 Å². The molecular formula is C10H16N4O. The molecule has 3 N–H and O–H groups in total. The summed E-state index contributed by atoms with van der Waals surface area (Å²) in [6.45, 7) is 2.85. The Kier molecular flexibility index (Phi) is 2.73. The van der Waals surface area contributed by atoms with Crippen LogP contribution in [-0.2, 0) is 11.3 Å². The van der Waals surface area contributed by atoms with E-state index in [0.717, 1.165) is 18.5 Å². The first kappa shape index (κ1) is 10.2. The Morgan fingerprint density at radius 3 is 3.20 bits per heavy atom. The molecule has 1 aromatic rings. The van der Waals surface area contributed by atoms with Gasteiger partial charge in [0.1, 0.15) is 0 Å². The van der Waals surface area contributed by atoms with Crippen LogP contribution in [0.3, 0.4) is 0 Å². The fourth-order valence-corrected chi connectivity index (χ4v) is 1.86. The van der Waals surface area contributed by atoms with Crippen LogP contribution in [0.5, 0.6) is 0 Å². The van der Waals surface area contributed by atoms with Gasteiger partial charge in [0, 0.05) is 30.8 Å². The smallest absolute Gasteiger partial charge is 0.220 e. The van der Waals surface area contributed by atoms with Gasteiger partial charge in [-0.3, -0.25) is 9.48 Å². The lowest BCUT2D eigenvalue weighted by atomic mass is 9.95. The van der Waals surface area contributed by atoms with E-state index in [0.29, 0.717) is 6.42 Å². The van der Waals surface area contributed by atoms with Crippen molar-refractivity contribution < 1.29 is 4.79 Å². The molecule has 0 saturated carbocycles. The molecule has 0 spiro atoms. The van der Waals surface area contributed by atoms with Gasteiger partial charge in [-0.2, -0.15) is 5.10 Å². The molecule has 1 aliphatic heterocycles. The minimum Gasteiger partial charge on any atom is -0.348 e. The number of hydrogen-bond acceptors (Lipinski definition) is 3. The molecule has 1 fully saturated rings. The number of carbonyl (C=O) groups is 1. The summed E-state index contributed by atoms with van der Waals surface area (Å²) in [7, 11) is 0. The molecule has 1 aromatic heterocycles. The number of nitrogens with zero attached hydrogens (tertiary/aromatic N) is 2. The lowest BCUT2D eigenvalue weighted by Gasteiger charge is -2.28. The molecule has 2 rings (SSSR count). The Balaban J connectivity index is 2.17. The van der Waals surface area contributed by atoms with Crippen LogP contribution in [0.2, 0.25) is 0 Å². The number of piperidine rings is 1. The highest BCUT2D eigenvalue weighted by Gasteiger charge is 2.27. The maximum Gasteiger partial charge on any atom is 0.220 e. The van der Waals surface area contributed by atoms with E-state index in [1.54, 1.807) is 6.20 Å². The van der Waals surface area contributed by atoms with Crippen molar-refractivity contribution in [1.82, 2.24) is 15.1 Å². The van der Waals surface area contributed by atoms with E-state index in [-0.39, 0.29) is 18.0 Å². The van der Waals surface area contributed by atoms with E-state index in [1.807, 2.05) is 17.8 Å². The number of amides is 1. The van der Waals surface area contributed by atoms with Gasteiger partial charge in [-0.1, -0.05) is 0 Å². The average Bonchev–Trinajstić information content (AvgIpc) is 2.70. The molecule has 1 saturated heterocycles. The maximum absolute atomic E-state index is 11.3. The topological polar surface area (TPSA) is 72.9 Å². The van der Waals surface area contributed by atoms with Crippen molar-refractivity contribution >= 4 is 5.91 Å². The van der Waals surface area contributed by atoms with Crippen LogP contribution in [0, 0.1) is 0 Å². The zero-order valence-corrected chi connectivity index (χ0v) is 8.81. The fourth-order valence-electron chi connectivity index (χ4n) is 1.86. The molecule has 2 heterocycles. The first-order chi connectivity index (χ1) is 7.20. The average molecular weight is 208 g/mol. The molecule has 5 heteroatoms. The van der Waals surface area contributed by atoms with E-state index in [1.165, 1.54) is 0 Å².